The largest absolute Gasteiger partial charge is 0.492 e. The molecule has 0 unspecified atom stereocenters. The highest BCUT2D eigenvalue weighted by Crippen LogP contribution is 2.37. The Balaban J connectivity index is 2.05. The first kappa shape index (κ1) is 17.0. The fourth-order valence-electron chi connectivity index (χ4n) is 2.89. The SMILES string of the molecule is Cc1ncsc1-c1cnc2c(-c3ccc(F)cc3F)c(C#N)c(O)nc2c1. The number of hydrogen-bond donors (Lipinski definition) is 1. The van der Waals surface area contributed by atoms with Gasteiger partial charge in [-0.15, -0.1) is 11.3 Å². The molecular formula is C19H10F2N4OS. The molecule has 0 aliphatic heterocycles. The Morgan fingerprint density at radius 3 is 2.67 bits per heavy atom. The number of benzene rings is 1. The second-order valence-electron chi connectivity index (χ2n) is 5.78. The molecule has 8 heteroatoms. The molecule has 132 valence electrons. The molecular weight excluding hydrogens is 370 g/mol. The van der Waals surface area contributed by atoms with Gasteiger partial charge in [0.15, 0.2) is 0 Å². The van der Waals surface area contributed by atoms with Gasteiger partial charge in [0.05, 0.1) is 27.1 Å². The van der Waals surface area contributed by atoms with Gasteiger partial charge in [-0.2, -0.15) is 5.26 Å². The molecule has 0 saturated carbocycles. The number of aromatic hydroxyl groups is 1. The van der Waals surface area contributed by atoms with Crippen LogP contribution in [0.1, 0.15) is 11.3 Å². The summed E-state index contributed by atoms with van der Waals surface area (Å²) in [7, 11) is 0. The number of fused-ring (bicyclic) bond motifs is 1. The Morgan fingerprint density at radius 2 is 2.00 bits per heavy atom. The summed E-state index contributed by atoms with van der Waals surface area (Å²) in [6.45, 7) is 1.86. The molecule has 4 rings (SSSR count). The van der Waals surface area contributed by atoms with E-state index in [2.05, 4.69) is 15.0 Å². The Labute approximate surface area is 156 Å². The Morgan fingerprint density at radius 1 is 1.19 bits per heavy atom. The van der Waals surface area contributed by atoms with Crippen LogP contribution in [0.4, 0.5) is 8.78 Å². The van der Waals surface area contributed by atoms with E-state index in [0.29, 0.717) is 0 Å². The molecule has 0 radical (unpaired) electrons. The molecule has 4 aromatic rings. The normalized spacial score (nSPS) is 10.9. The minimum absolute atomic E-state index is 0.0372. The van der Waals surface area contributed by atoms with E-state index in [1.807, 2.05) is 13.0 Å². The van der Waals surface area contributed by atoms with Gasteiger partial charge in [0, 0.05) is 29.0 Å². The second kappa shape index (κ2) is 6.37. The van der Waals surface area contributed by atoms with Crippen molar-refractivity contribution in [2.24, 2.45) is 0 Å². The molecule has 5 nitrogen and oxygen atoms in total. The zero-order chi connectivity index (χ0) is 19.1. The number of aromatic nitrogens is 3. The van der Waals surface area contributed by atoms with E-state index in [-0.39, 0.29) is 27.7 Å². The van der Waals surface area contributed by atoms with E-state index in [1.165, 1.54) is 17.4 Å². The van der Waals surface area contributed by atoms with Crippen molar-refractivity contribution in [3.05, 3.63) is 58.9 Å². The number of nitrogens with zero attached hydrogens (tertiary/aromatic N) is 4. The van der Waals surface area contributed by atoms with Gasteiger partial charge in [0.2, 0.25) is 5.88 Å². The maximum atomic E-state index is 14.4. The fraction of sp³-hybridized carbons (Fsp3) is 0.0526. The second-order valence-corrected chi connectivity index (χ2v) is 6.63. The van der Waals surface area contributed by atoms with Crippen LogP contribution in [0.2, 0.25) is 0 Å². The van der Waals surface area contributed by atoms with Crippen LogP contribution in [0.5, 0.6) is 5.88 Å². The van der Waals surface area contributed by atoms with Crippen LogP contribution in [0.3, 0.4) is 0 Å². The van der Waals surface area contributed by atoms with Gasteiger partial charge >= 0.3 is 0 Å². The summed E-state index contributed by atoms with van der Waals surface area (Å²) < 4.78 is 27.7. The summed E-state index contributed by atoms with van der Waals surface area (Å²) in [5, 5.41) is 19.6. The Bertz CT molecular complexity index is 1250. The fourth-order valence-corrected chi connectivity index (χ4v) is 3.68. The maximum Gasteiger partial charge on any atom is 0.230 e. The van der Waals surface area contributed by atoms with Crippen molar-refractivity contribution in [1.82, 2.24) is 15.0 Å². The minimum atomic E-state index is -0.859. The summed E-state index contributed by atoms with van der Waals surface area (Å²) >= 11 is 1.43. The molecule has 1 N–H and O–H groups in total. The van der Waals surface area contributed by atoms with Gasteiger partial charge in [-0.3, -0.25) is 4.98 Å². The van der Waals surface area contributed by atoms with E-state index >= 15 is 0 Å². The van der Waals surface area contributed by atoms with Crippen LogP contribution >= 0.6 is 11.3 Å². The lowest BCUT2D eigenvalue weighted by molar-refractivity contribution is 0.454. The molecule has 0 aliphatic carbocycles. The zero-order valence-electron chi connectivity index (χ0n) is 13.9. The highest BCUT2D eigenvalue weighted by atomic mass is 32.1. The first-order chi connectivity index (χ1) is 13.0. The molecule has 0 atom stereocenters. The van der Waals surface area contributed by atoms with Crippen molar-refractivity contribution in [3.63, 3.8) is 0 Å². The molecule has 0 bridgehead atoms. The van der Waals surface area contributed by atoms with E-state index in [1.54, 1.807) is 17.8 Å². The lowest BCUT2D eigenvalue weighted by Gasteiger charge is -2.11. The van der Waals surface area contributed by atoms with Gasteiger partial charge in [-0.1, -0.05) is 0 Å². The Hall–Kier alpha value is -3.44. The van der Waals surface area contributed by atoms with Crippen molar-refractivity contribution < 1.29 is 13.9 Å². The van der Waals surface area contributed by atoms with Crippen LogP contribution in [0.25, 0.3) is 32.6 Å². The van der Waals surface area contributed by atoms with E-state index in [4.69, 9.17) is 0 Å². The Kier molecular flexibility index (Phi) is 4.01. The van der Waals surface area contributed by atoms with Crippen molar-refractivity contribution in [2.45, 2.75) is 6.92 Å². The third-order valence-electron chi connectivity index (χ3n) is 4.12. The molecule has 0 spiro atoms. The maximum absolute atomic E-state index is 14.4. The molecule has 3 aromatic heterocycles. The van der Waals surface area contributed by atoms with E-state index in [0.717, 1.165) is 28.3 Å². The van der Waals surface area contributed by atoms with E-state index in [9.17, 15) is 19.1 Å². The molecule has 0 fully saturated rings. The molecule has 27 heavy (non-hydrogen) atoms. The summed E-state index contributed by atoms with van der Waals surface area (Å²) in [6, 6.07) is 6.53. The number of rotatable bonds is 2. The number of halogens is 2. The van der Waals surface area contributed by atoms with Crippen LogP contribution in [0.15, 0.2) is 36.0 Å². The average Bonchev–Trinajstić information content (AvgIpc) is 3.06. The van der Waals surface area contributed by atoms with Crippen LogP contribution in [0, 0.1) is 29.9 Å². The number of aryl methyl sites for hydroxylation is 1. The summed E-state index contributed by atoms with van der Waals surface area (Å²) in [5.74, 6) is -2.14. The van der Waals surface area contributed by atoms with Crippen LogP contribution in [-0.4, -0.2) is 20.1 Å². The number of hydrogen-bond acceptors (Lipinski definition) is 6. The molecule has 3 heterocycles. The number of pyridine rings is 2. The lowest BCUT2D eigenvalue weighted by atomic mass is 9.98. The predicted octanol–water partition coefficient (Wildman–Crippen LogP) is 4.58. The quantitative estimate of drug-likeness (QED) is 0.550. The zero-order valence-corrected chi connectivity index (χ0v) is 14.7. The van der Waals surface area contributed by atoms with Gasteiger partial charge < -0.3 is 5.11 Å². The smallest absolute Gasteiger partial charge is 0.230 e. The van der Waals surface area contributed by atoms with Crippen LogP contribution < -0.4 is 0 Å². The number of nitriles is 1. The first-order valence-corrected chi connectivity index (χ1v) is 8.66. The van der Waals surface area contributed by atoms with Gasteiger partial charge in [0.1, 0.15) is 23.3 Å². The standard InChI is InChI=1S/C19H10F2N4OS/c1-9-18(27-8-24-9)10-4-15-17(23-7-10)16(13(6-22)19(26)25-15)12-3-2-11(20)5-14(12)21/h2-5,7-8H,1H3,(H,25,26). The lowest BCUT2D eigenvalue weighted by Crippen LogP contribution is -1.97. The minimum Gasteiger partial charge on any atom is -0.492 e. The molecule has 0 saturated heterocycles. The summed E-state index contributed by atoms with van der Waals surface area (Å²) in [5.41, 5.74) is 3.61. The predicted molar refractivity (Wildman–Crippen MR) is 97.1 cm³/mol. The van der Waals surface area contributed by atoms with Gasteiger partial charge in [-0.05, 0) is 25.1 Å². The topological polar surface area (TPSA) is 82.7 Å². The molecule has 0 amide bonds. The van der Waals surface area contributed by atoms with E-state index < -0.39 is 17.5 Å². The van der Waals surface area contributed by atoms with Crippen molar-refractivity contribution >= 4 is 22.4 Å². The van der Waals surface area contributed by atoms with Crippen molar-refractivity contribution in [3.8, 4) is 33.5 Å². The molecule has 1 aromatic carbocycles. The van der Waals surface area contributed by atoms with Crippen molar-refractivity contribution in [2.75, 3.05) is 0 Å². The summed E-state index contributed by atoms with van der Waals surface area (Å²) in [6.07, 6.45) is 1.58. The monoisotopic (exact) mass is 380 g/mol. The van der Waals surface area contributed by atoms with Gasteiger partial charge in [-0.25, -0.2) is 18.7 Å². The van der Waals surface area contributed by atoms with Crippen molar-refractivity contribution in [1.29, 1.82) is 5.26 Å². The third-order valence-corrected chi connectivity index (χ3v) is 5.10. The summed E-state index contributed by atoms with van der Waals surface area (Å²) in [4.78, 5) is 13.5. The average molecular weight is 380 g/mol. The number of thiazole rings is 1. The third kappa shape index (κ3) is 2.78. The van der Waals surface area contributed by atoms with Gasteiger partial charge in [0.25, 0.3) is 0 Å². The molecule has 0 aliphatic rings. The highest BCUT2D eigenvalue weighted by molar-refractivity contribution is 7.13. The van der Waals surface area contributed by atoms with Crippen LogP contribution in [-0.2, 0) is 0 Å². The first-order valence-electron chi connectivity index (χ1n) is 7.78. The highest BCUT2D eigenvalue weighted by Gasteiger charge is 2.21.